The van der Waals surface area contributed by atoms with Crippen molar-refractivity contribution in [3.8, 4) is 17.3 Å². The molecular formula is C15H15N3S. The van der Waals surface area contributed by atoms with Crippen LogP contribution in [0.3, 0.4) is 0 Å². The number of nitrogens with one attached hydrogen (secondary N) is 1. The highest BCUT2D eigenvalue weighted by molar-refractivity contribution is 7.10. The predicted molar refractivity (Wildman–Crippen MR) is 76.9 cm³/mol. The Morgan fingerprint density at radius 3 is 3.11 bits per heavy atom. The van der Waals surface area contributed by atoms with E-state index < -0.39 is 0 Å². The van der Waals surface area contributed by atoms with Crippen LogP contribution in [0, 0.1) is 11.3 Å². The normalized spacial score (nSPS) is 19.0. The van der Waals surface area contributed by atoms with Gasteiger partial charge in [0.05, 0.1) is 23.4 Å². The van der Waals surface area contributed by atoms with Gasteiger partial charge in [0.1, 0.15) is 5.01 Å². The summed E-state index contributed by atoms with van der Waals surface area (Å²) in [5.41, 5.74) is 2.68. The summed E-state index contributed by atoms with van der Waals surface area (Å²) in [6.45, 7) is 1.09. The number of nitriles is 1. The molecule has 1 aromatic heterocycles. The molecule has 1 aromatic carbocycles. The maximum absolute atomic E-state index is 8.94. The van der Waals surface area contributed by atoms with Gasteiger partial charge < -0.3 is 5.32 Å². The van der Waals surface area contributed by atoms with Crippen LogP contribution >= 0.6 is 11.3 Å². The van der Waals surface area contributed by atoms with Gasteiger partial charge in [-0.1, -0.05) is 18.6 Å². The van der Waals surface area contributed by atoms with Crippen molar-refractivity contribution in [1.82, 2.24) is 10.3 Å². The predicted octanol–water partition coefficient (Wildman–Crippen LogP) is 3.50. The molecule has 0 spiro atoms. The Morgan fingerprint density at radius 2 is 2.32 bits per heavy atom. The molecule has 1 atom stereocenters. The van der Waals surface area contributed by atoms with Gasteiger partial charge in [0.25, 0.3) is 0 Å². The number of piperidine rings is 1. The summed E-state index contributed by atoms with van der Waals surface area (Å²) in [5, 5.41) is 15.7. The van der Waals surface area contributed by atoms with E-state index in [1.165, 1.54) is 19.3 Å². The second-order valence-electron chi connectivity index (χ2n) is 4.77. The molecule has 0 radical (unpaired) electrons. The fraction of sp³-hybridized carbons (Fsp3) is 0.333. The molecule has 1 aliphatic rings. The quantitative estimate of drug-likeness (QED) is 0.907. The third-order valence-electron chi connectivity index (χ3n) is 3.42. The first kappa shape index (κ1) is 12.3. The monoisotopic (exact) mass is 269 g/mol. The van der Waals surface area contributed by atoms with E-state index in [1.54, 1.807) is 11.3 Å². The zero-order valence-corrected chi connectivity index (χ0v) is 11.4. The summed E-state index contributed by atoms with van der Waals surface area (Å²) in [7, 11) is 0. The van der Waals surface area contributed by atoms with Crippen LogP contribution in [0.15, 0.2) is 29.6 Å². The molecule has 1 fully saturated rings. The fourth-order valence-corrected chi connectivity index (χ4v) is 3.33. The van der Waals surface area contributed by atoms with Crippen LogP contribution in [0.2, 0.25) is 0 Å². The molecule has 1 aliphatic heterocycles. The van der Waals surface area contributed by atoms with Crippen molar-refractivity contribution >= 4 is 11.3 Å². The first-order chi connectivity index (χ1) is 9.36. The number of aromatic nitrogens is 1. The van der Waals surface area contributed by atoms with Crippen molar-refractivity contribution in [2.24, 2.45) is 0 Å². The molecule has 3 nitrogen and oxygen atoms in total. The van der Waals surface area contributed by atoms with E-state index in [1.807, 2.05) is 24.3 Å². The lowest BCUT2D eigenvalue weighted by atomic mass is 10.1. The minimum absolute atomic E-state index is 0.409. The van der Waals surface area contributed by atoms with Gasteiger partial charge in [-0.3, -0.25) is 0 Å². The van der Waals surface area contributed by atoms with Gasteiger partial charge in [0, 0.05) is 10.9 Å². The summed E-state index contributed by atoms with van der Waals surface area (Å²) in [6, 6.07) is 10.2. The van der Waals surface area contributed by atoms with Crippen molar-refractivity contribution in [2.45, 2.75) is 25.3 Å². The molecule has 96 valence electrons. The van der Waals surface area contributed by atoms with Crippen molar-refractivity contribution < 1.29 is 0 Å². The molecule has 1 saturated heterocycles. The van der Waals surface area contributed by atoms with Crippen LogP contribution in [0.1, 0.15) is 35.9 Å². The Labute approximate surface area is 116 Å². The van der Waals surface area contributed by atoms with E-state index in [2.05, 4.69) is 16.8 Å². The summed E-state index contributed by atoms with van der Waals surface area (Å²) in [4.78, 5) is 4.73. The zero-order chi connectivity index (χ0) is 13.1. The van der Waals surface area contributed by atoms with Gasteiger partial charge in [0.2, 0.25) is 0 Å². The molecule has 0 saturated carbocycles. The highest BCUT2D eigenvalue weighted by atomic mass is 32.1. The van der Waals surface area contributed by atoms with Gasteiger partial charge in [-0.05, 0) is 31.5 Å². The molecule has 0 amide bonds. The molecule has 0 bridgehead atoms. The van der Waals surface area contributed by atoms with E-state index in [-0.39, 0.29) is 0 Å². The molecule has 19 heavy (non-hydrogen) atoms. The lowest BCUT2D eigenvalue weighted by Gasteiger charge is -2.21. The Hall–Kier alpha value is -1.70. The van der Waals surface area contributed by atoms with Gasteiger partial charge in [-0.25, -0.2) is 4.98 Å². The number of hydrogen-bond donors (Lipinski definition) is 1. The number of benzene rings is 1. The topological polar surface area (TPSA) is 48.7 Å². The van der Waals surface area contributed by atoms with Crippen molar-refractivity contribution in [1.29, 1.82) is 5.26 Å². The van der Waals surface area contributed by atoms with Gasteiger partial charge in [-0.15, -0.1) is 11.3 Å². The SMILES string of the molecule is N#Cc1cccc(-c2csc(C3CCCCN3)n2)c1. The lowest BCUT2D eigenvalue weighted by molar-refractivity contribution is 0.411. The van der Waals surface area contributed by atoms with E-state index in [4.69, 9.17) is 10.2 Å². The Morgan fingerprint density at radius 1 is 1.37 bits per heavy atom. The highest BCUT2D eigenvalue weighted by Crippen LogP contribution is 2.29. The van der Waals surface area contributed by atoms with E-state index in [0.29, 0.717) is 11.6 Å². The third-order valence-corrected chi connectivity index (χ3v) is 4.38. The molecular weight excluding hydrogens is 254 g/mol. The maximum atomic E-state index is 8.94. The average Bonchev–Trinajstić information content (AvgIpc) is 2.98. The molecule has 1 unspecified atom stereocenters. The van der Waals surface area contributed by atoms with Crippen LogP contribution in [0.4, 0.5) is 0 Å². The Balaban J connectivity index is 1.86. The molecule has 2 heterocycles. The number of rotatable bonds is 2. The average molecular weight is 269 g/mol. The molecule has 0 aliphatic carbocycles. The Bertz CT molecular complexity index is 606. The molecule has 1 N–H and O–H groups in total. The molecule has 3 rings (SSSR count). The molecule has 2 aromatic rings. The minimum Gasteiger partial charge on any atom is -0.308 e. The summed E-state index contributed by atoms with van der Waals surface area (Å²) in [5.74, 6) is 0. The second kappa shape index (κ2) is 5.52. The van der Waals surface area contributed by atoms with Gasteiger partial charge in [0.15, 0.2) is 0 Å². The molecule has 4 heteroatoms. The highest BCUT2D eigenvalue weighted by Gasteiger charge is 2.18. The summed E-state index contributed by atoms with van der Waals surface area (Å²) >= 11 is 1.71. The third kappa shape index (κ3) is 2.67. The van der Waals surface area contributed by atoms with Crippen molar-refractivity contribution in [2.75, 3.05) is 6.54 Å². The van der Waals surface area contributed by atoms with Crippen molar-refractivity contribution in [3.05, 3.63) is 40.2 Å². The summed E-state index contributed by atoms with van der Waals surface area (Å²) < 4.78 is 0. The largest absolute Gasteiger partial charge is 0.308 e. The lowest BCUT2D eigenvalue weighted by Crippen LogP contribution is -2.26. The minimum atomic E-state index is 0.409. The van der Waals surface area contributed by atoms with Gasteiger partial charge >= 0.3 is 0 Å². The van der Waals surface area contributed by atoms with Crippen LogP contribution in [0.5, 0.6) is 0 Å². The summed E-state index contributed by atoms with van der Waals surface area (Å²) in [6.07, 6.45) is 3.71. The van der Waals surface area contributed by atoms with E-state index in [0.717, 1.165) is 22.8 Å². The smallest absolute Gasteiger partial charge is 0.110 e. The number of thiazole rings is 1. The van der Waals surface area contributed by atoms with Gasteiger partial charge in [-0.2, -0.15) is 5.26 Å². The van der Waals surface area contributed by atoms with Crippen molar-refractivity contribution in [3.63, 3.8) is 0 Å². The number of nitrogens with zero attached hydrogens (tertiary/aromatic N) is 2. The van der Waals surface area contributed by atoms with E-state index >= 15 is 0 Å². The second-order valence-corrected chi connectivity index (χ2v) is 5.66. The number of hydrogen-bond acceptors (Lipinski definition) is 4. The standard InChI is InChI=1S/C15H15N3S/c16-9-11-4-3-5-12(8-11)14-10-19-15(18-14)13-6-1-2-7-17-13/h3-5,8,10,13,17H,1-2,6-7H2. The maximum Gasteiger partial charge on any atom is 0.110 e. The van der Waals surface area contributed by atoms with Crippen LogP contribution < -0.4 is 5.32 Å². The first-order valence-electron chi connectivity index (χ1n) is 6.56. The fourth-order valence-electron chi connectivity index (χ4n) is 2.39. The van der Waals surface area contributed by atoms with Crippen LogP contribution in [-0.4, -0.2) is 11.5 Å². The van der Waals surface area contributed by atoms with E-state index in [9.17, 15) is 0 Å². The van der Waals surface area contributed by atoms with Crippen LogP contribution in [0.25, 0.3) is 11.3 Å². The zero-order valence-electron chi connectivity index (χ0n) is 10.6. The van der Waals surface area contributed by atoms with Crippen LogP contribution in [-0.2, 0) is 0 Å². The Kier molecular flexibility index (Phi) is 3.58. The first-order valence-corrected chi connectivity index (χ1v) is 7.44.